The zero-order chi connectivity index (χ0) is 18.9. The van der Waals surface area contributed by atoms with Crippen LogP contribution < -0.4 is 4.72 Å². The molecule has 0 aliphatic rings. The molecule has 1 aromatic heterocycles. The van der Waals surface area contributed by atoms with Crippen LogP contribution in [0.5, 0.6) is 0 Å². The summed E-state index contributed by atoms with van der Waals surface area (Å²) in [7, 11) is -3.86. The lowest BCUT2D eigenvalue weighted by Gasteiger charge is -2.12. The van der Waals surface area contributed by atoms with Crippen molar-refractivity contribution in [2.75, 3.05) is 4.72 Å². The summed E-state index contributed by atoms with van der Waals surface area (Å²) in [5.41, 5.74) is 2.10. The number of nitrogens with one attached hydrogen (secondary N) is 1. The van der Waals surface area contributed by atoms with Crippen LogP contribution in [-0.2, 0) is 10.0 Å². The molecule has 0 amide bonds. The summed E-state index contributed by atoms with van der Waals surface area (Å²) < 4.78 is 40.1. The van der Waals surface area contributed by atoms with Crippen molar-refractivity contribution in [3.05, 3.63) is 76.2 Å². The summed E-state index contributed by atoms with van der Waals surface area (Å²) in [6, 6.07) is 12.9. The average Bonchev–Trinajstić information content (AvgIpc) is 2.56. The van der Waals surface area contributed by atoms with Crippen molar-refractivity contribution < 1.29 is 12.8 Å². The number of halogens is 3. The fourth-order valence-electron chi connectivity index (χ4n) is 2.42. The first-order valence-electron chi connectivity index (χ1n) is 7.48. The van der Waals surface area contributed by atoms with E-state index >= 15 is 0 Å². The number of hydrogen-bond acceptors (Lipinski definition) is 3. The van der Waals surface area contributed by atoms with E-state index in [4.69, 9.17) is 23.2 Å². The number of nitrogens with zero attached hydrogens (tertiary/aromatic N) is 1. The molecule has 0 saturated heterocycles. The van der Waals surface area contributed by atoms with Crippen LogP contribution in [-0.4, -0.2) is 13.4 Å². The highest BCUT2D eigenvalue weighted by molar-refractivity contribution is 7.92. The third-order valence-electron chi connectivity index (χ3n) is 3.67. The second-order valence-corrected chi connectivity index (χ2v) is 8.04. The van der Waals surface area contributed by atoms with Crippen LogP contribution >= 0.6 is 23.2 Å². The molecule has 0 fully saturated rings. The van der Waals surface area contributed by atoms with Crippen LogP contribution in [0.25, 0.3) is 11.1 Å². The zero-order valence-electron chi connectivity index (χ0n) is 13.5. The van der Waals surface area contributed by atoms with Gasteiger partial charge in [0.1, 0.15) is 11.6 Å². The van der Waals surface area contributed by atoms with Gasteiger partial charge >= 0.3 is 0 Å². The molecular formula is C18H13Cl2FN2O2S. The van der Waals surface area contributed by atoms with Gasteiger partial charge in [-0.05, 0) is 55.5 Å². The van der Waals surface area contributed by atoms with Gasteiger partial charge in [0, 0.05) is 26.9 Å². The minimum absolute atomic E-state index is 0.0526. The molecule has 3 rings (SSSR count). The van der Waals surface area contributed by atoms with Gasteiger partial charge in [-0.2, -0.15) is 0 Å². The van der Waals surface area contributed by atoms with E-state index < -0.39 is 15.8 Å². The number of rotatable bonds is 4. The second kappa shape index (κ2) is 7.23. The minimum Gasteiger partial charge on any atom is -0.263 e. The molecule has 2 aromatic carbocycles. The van der Waals surface area contributed by atoms with Gasteiger partial charge in [-0.3, -0.25) is 4.72 Å². The number of benzene rings is 2. The van der Waals surface area contributed by atoms with Gasteiger partial charge < -0.3 is 0 Å². The molecule has 0 saturated carbocycles. The maximum absolute atomic E-state index is 13.0. The Morgan fingerprint density at radius 3 is 2.23 bits per heavy atom. The third-order valence-corrected chi connectivity index (χ3v) is 5.59. The fraction of sp³-hybridized carbons (Fsp3) is 0.0556. The standard InChI is InChI=1S/C18H13Cl2FN2O2S/c1-11-15(16-7-2-12(19)10-17(16)20)8-9-18(22-11)23-26(24,25)14-5-3-13(21)4-6-14/h2-10H,1H3,(H,22,23). The number of pyridine rings is 1. The molecule has 1 heterocycles. The predicted octanol–water partition coefficient (Wildman–Crippen LogP) is 5.30. The average molecular weight is 411 g/mol. The SMILES string of the molecule is Cc1nc(NS(=O)(=O)c2ccc(F)cc2)ccc1-c1ccc(Cl)cc1Cl. The molecule has 4 nitrogen and oxygen atoms in total. The number of hydrogen-bond donors (Lipinski definition) is 1. The van der Waals surface area contributed by atoms with Crippen molar-refractivity contribution in [1.82, 2.24) is 4.98 Å². The van der Waals surface area contributed by atoms with Gasteiger partial charge in [0.25, 0.3) is 10.0 Å². The topological polar surface area (TPSA) is 59.1 Å². The Balaban J connectivity index is 1.91. The van der Waals surface area contributed by atoms with E-state index in [-0.39, 0.29) is 10.7 Å². The molecular weight excluding hydrogens is 398 g/mol. The van der Waals surface area contributed by atoms with Gasteiger partial charge in [0.15, 0.2) is 0 Å². The summed E-state index contributed by atoms with van der Waals surface area (Å²) in [5.74, 6) is -0.359. The monoisotopic (exact) mass is 410 g/mol. The Labute approximate surface area is 160 Å². The molecule has 3 aromatic rings. The smallest absolute Gasteiger partial charge is 0.263 e. The van der Waals surface area contributed by atoms with E-state index in [1.54, 1.807) is 31.2 Å². The van der Waals surface area contributed by atoms with Gasteiger partial charge in [0.2, 0.25) is 0 Å². The van der Waals surface area contributed by atoms with Crippen LogP contribution in [0.4, 0.5) is 10.2 Å². The van der Waals surface area contributed by atoms with Crippen LogP contribution in [0.2, 0.25) is 10.0 Å². The lowest BCUT2D eigenvalue weighted by Crippen LogP contribution is -2.14. The lowest BCUT2D eigenvalue weighted by atomic mass is 10.0. The van der Waals surface area contributed by atoms with Crippen LogP contribution in [0.15, 0.2) is 59.5 Å². The van der Waals surface area contributed by atoms with E-state index in [1.165, 1.54) is 18.2 Å². The zero-order valence-corrected chi connectivity index (χ0v) is 15.8. The molecule has 0 radical (unpaired) electrons. The van der Waals surface area contributed by atoms with Crippen molar-refractivity contribution in [2.45, 2.75) is 11.8 Å². The molecule has 0 atom stereocenters. The predicted molar refractivity (Wildman–Crippen MR) is 102 cm³/mol. The summed E-state index contributed by atoms with van der Waals surface area (Å²) in [4.78, 5) is 4.23. The summed E-state index contributed by atoms with van der Waals surface area (Å²) in [6.45, 7) is 1.75. The van der Waals surface area contributed by atoms with Crippen LogP contribution in [0.3, 0.4) is 0 Å². The van der Waals surface area contributed by atoms with Crippen molar-refractivity contribution in [1.29, 1.82) is 0 Å². The molecule has 0 unspecified atom stereocenters. The normalized spacial score (nSPS) is 11.4. The largest absolute Gasteiger partial charge is 0.263 e. The summed E-state index contributed by atoms with van der Waals surface area (Å²) in [6.07, 6.45) is 0. The number of aromatic nitrogens is 1. The molecule has 0 aliphatic heterocycles. The van der Waals surface area contributed by atoms with E-state index in [1.807, 2.05) is 0 Å². The van der Waals surface area contributed by atoms with E-state index in [0.29, 0.717) is 15.7 Å². The fourth-order valence-corrected chi connectivity index (χ4v) is 3.93. The van der Waals surface area contributed by atoms with E-state index in [0.717, 1.165) is 23.3 Å². The first kappa shape index (κ1) is 18.6. The first-order chi connectivity index (χ1) is 12.3. The van der Waals surface area contributed by atoms with Gasteiger partial charge in [-0.1, -0.05) is 29.3 Å². The van der Waals surface area contributed by atoms with Crippen molar-refractivity contribution in [3.8, 4) is 11.1 Å². The second-order valence-electron chi connectivity index (χ2n) is 5.51. The molecule has 134 valence electrons. The highest BCUT2D eigenvalue weighted by Crippen LogP contribution is 2.32. The van der Waals surface area contributed by atoms with Crippen LogP contribution in [0.1, 0.15) is 5.69 Å². The first-order valence-corrected chi connectivity index (χ1v) is 9.71. The lowest BCUT2D eigenvalue weighted by molar-refractivity contribution is 0.599. The van der Waals surface area contributed by atoms with E-state index in [2.05, 4.69) is 9.71 Å². The van der Waals surface area contributed by atoms with Gasteiger partial charge in [-0.25, -0.2) is 17.8 Å². The Bertz CT molecular complexity index is 1070. The maximum Gasteiger partial charge on any atom is 0.263 e. The van der Waals surface area contributed by atoms with Crippen molar-refractivity contribution in [2.24, 2.45) is 0 Å². The third kappa shape index (κ3) is 3.98. The minimum atomic E-state index is -3.86. The Morgan fingerprint density at radius 1 is 0.962 bits per heavy atom. The highest BCUT2D eigenvalue weighted by Gasteiger charge is 2.16. The number of aryl methyl sites for hydroxylation is 1. The molecule has 1 N–H and O–H groups in total. The van der Waals surface area contributed by atoms with Gasteiger partial charge in [-0.15, -0.1) is 0 Å². The number of anilines is 1. The molecule has 26 heavy (non-hydrogen) atoms. The quantitative estimate of drug-likeness (QED) is 0.634. The Kier molecular flexibility index (Phi) is 5.18. The maximum atomic E-state index is 13.0. The Morgan fingerprint density at radius 2 is 1.62 bits per heavy atom. The molecule has 0 bridgehead atoms. The highest BCUT2D eigenvalue weighted by atomic mass is 35.5. The van der Waals surface area contributed by atoms with Crippen molar-refractivity contribution >= 4 is 39.0 Å². The summed E-state index contributed by atoms with van der Waals surface area (Å²) >= 11 is 12.1. The molecule has 0 spiro atoms. The summed E-state index contributed by atoms with van der Waals surface area (Å²) in [5, 5.41) is 0.995. The van der Waals surface area contributed by atoms with Gasteiger partial charge in [0.05, 0.1) is 4.90 Å². The molecule has 0 aliphatic carbocycles. The number of sulfonamides is 1. The van der Waals surface area contributed by atoms with E-state index in [9.17, 15) is 12.8 Å². The Hall–Kier alpha value is -2.15. The molecule has 8 heteroatoms. The van der Waals surface area contributed by atoms with Crippen LogP contribution in [0, 0.1) is 12.7 Å². The van der Waals surface area contributed by atoms with Crippen molar-refractivity contribution in [3.63, 3.8) is 0 Å².